The highest BCUT2D eigenvalue weighted by atomic mass is 16.4. The Bertz CT molecular complexity index is 911. The van der Waals surface area contributed by atoms with E-state index in [1.54, 1.807) is 16.7 Å². The van der Waals surface area contributed by atoms with Crippen molar-refractivity contribution >= 4 is 11.9 Å². The van der Waals surface area contributed by atoms with E-state index in [0.29, 0.717) is 12.8 Å². The predicted octanol–water partition coefficient (Wildman–Crippen LogP) is 13.4. The van der Waals surface area contributed by atoms with Gasteiger partial charge in [-0.05, 0) is 74.6 Å². The molecular weight excluding hydrogens is 590 g/mol. The molecule has 1 rings (SSSR count). The molecule has 4 nitrogen and oxygen atoms in total. The second-order valence-electron chi connectivity index (χ2n) is 15.1. The van der Waals surface area contributed by atoms with Crippen molar-refractivity contribution in [2.45, 2.75) is 232 Å². The first-order chi connectivity index (χ1) is 23.4. The third kappa shape index (κ3) is 27.0. The van der Waals surface area contributed by atoms with Crippen LogP contribution < -0.4 is 5.73 Å². The second-order valence-corrected chi connectivity index (χ2v) is 15.1. The van der Waals surface area contributed by atoms with Gasteiger partial charge in [0.1, 0.15) is 0 Å². The van der Waals surface area contributed by atoms with Crippen LogP contribution in [0.4, 0.5) is 0 Å². The SMILES string of the molecule is Cc1ccc(CCCCCCCCCCCCCCCCCC(=O)O)c(C)c1CCCCCCCCCCCCCCCCCC(N)=O. The topological polar surface area (TPSA) is 80.4 Å². The van der Waals surface area contributed by atoms with Crippen LogP contribution >= 0.6 is 0 Å². The summed E-state index contributed by atoms with van der Waals surface area (Å²) in [6, 6.07) is 4.79. The van der Waals surface area contributed by atoms with Gasteiger partial charge in [-0.1, -0.05) is 179 Å². The summed E-state index contributed by atoms with van der Waals surface area (Å²) in [4.78, 5) is 21.3. The van der Waals surface area contributed by atoms with Crippen LogP contribution in [0.15, 0.2) is 12.1 Å². The number of rotatable bonds is 36. The van der Waals surface area contributed by atoms with Crippen LogP contribution in [0.5, 0.6) is 0 Å². The fourth-order valence-electron chi connectivity index (χ4n) is 7.39. The van der Waals surface area contributed by atoms with E-state index >= 15 is 0 Å². The average Bonchev–Trinajstić information content (AvgIpc) is 3.05. The van der Waals surface area contributed by atoms with Crippen molar-refractivity contribution in [1.82, 2.24) is 0 Å². The van der Waals surface area contributed by atoms with Crippen LogP contribution in [0.3, 0.4) is 0 Å². The number of carbonyl (C=O) groups excluding carboxylic acids is 1. The standard InChI is InChI=1S/C44H79NO3/c1-39-37-38-41(33-29-25-21-17-13-9-5-3-8-12-16-20-24-28-32-36-44(47)48)40(2)42(39)34-30-26-22-18-14-10-6-4-7-11-15-19-23-27-31-35-43(45)46/h37-38H,3-36H2,1-2H3,(H2,45,46)(H,47,48). The van der Waals surface area contributed by atoms with Gasteiger partial charge in [-0.2, -0.15) is 0 Å². The average molecular weight is 670 g/mol. The summed E-state index contributed by atoms with van der Waals surface area (Å²) >= 11 is 0. The van der Waals surface area contributed by atoms with Gasteiger partial charge in [0.25, 0.3) is 0 Å². The van der Waals surface area contributed by atoms with Crippen LogP contribution in [0.1, 0.15) is 228 Å². The number of carboxylic acids is 1. The van der Waals surface area contributed by atoms with Gasteiger partial charge in [0.15, 0.2) is 0 Å². The molecule has 0 spiro atoms. The Morgan fingerprint density at radius 2 is 0.771 bits per heavy atom. The molecule has 278 valence electrons. The maximum absolute atomic E-state index is 10.8. The molecule has 0 saturated heterocycles. The zero-order chi connectivity index (χ0) is 34.9. The molecule has 0 saturated carbocycles. The molecule has 0 bridgehead atoms. The number of hydrogen-bond donors (Lipinski definition) is 2. The molecule has 0 fully saturated rings. The van der Waals surface area contributed by atoms with E-state index in [0.717, 1.165) is 25.7 Å². The second kappa shape index (κ2) is 32.4. The van der Waals surface area contributed by atoms with Crippen LogP contribution in [-0.2, 0) is 22.4 Å². The maximum Gasteiger partial charge on any atom is 0.303 e. The Labute approximate surface area is 298 Å². The van der Waals surface area contributed by atoms with Crippen molar-refractivity contribution in [3.05, 3.63) is 34.4 Å². The van der Waals surface area contributed by atoms with E-state index in [1.807, 2.05) is 0 Å². The molecule has 1 amide bonds. The fourth-order valence-corrected chi connectivity index (χ4v) is 7.39. The molecule has 0 aliphatic rings. The minimum Gasteiger partial charge on any atom is -0.481 e. The molecule has 4 heteroatoms. The third-order valence-electron chi connectivity index (χ3n) is 10.6. The molecule has 3 N–H and O–H groups in total. The monoisotopic (exact) mass is 670 g/mol. The number of amides is 1. The van der Waals surface area contributed by atoms with Crippen molar-refractivity contribution in [1.29, 1.82) is 0 Å². The molecule has 48 heavy (non-hydrogen) atoms. The normalized spacial score (nSPS) is 11.4. The molecule has 0 aliphatic heterocycles. The molecule has 0 unspecified atom stereocenters. The Morgan fingerprint density at radius 1 is 0.458 bits per heavy atom. The van der Waals surface area contributed by atoms with Gasteiger partial charge in [0.05, 0.1) is 0 Å². The van der Waals surface area contributed by atoms with E-state index in [4.69, 9.17) is 10.8 Å². The van der Waals surface area contributed by atoms with E-state index in [1.165, 1.54) is 185 Å². The predicted molar refractivity (Wildman–Crippen MR) is 208 cm³/mol. The zero-order valence-corrected chi connectivity index (χ0v) is 32.0. The third-order valence-corrected chi connectivity index (χ3v) is 10.6. The number of benzene rings is 1. The highest BCUT2D eigenvalue weighted by Crippen LogP contribution is 2.23. The van der Waals surface area contributed by atoms with Crippen molar-refractivity contribution in [2.24, 2.45) is 5.73 Å². The highest BCUT2D eigenvalue weighted by molar-refractivity contribution is 5.73. The molecule has 0 aromatic heterocycles. The van der Waals surface area contributed by atoms with Gasteiger partial charge in [-0.15, -0.1) is 0 Å². The van der Waals surface area contributed by atoms with Gasteiger partial charge in [-0.3, -0.25) is 9.59 Å². The van der Waals surface area contributed by atoms with Gasteiger partial charge in [-0.25, -0.2) is 0 Å². The minimum absolute atomic E-state index is 0.157. The van der Waals surface area contributed by atoms with Crippen LogP contribution in [0.2, 0.25) is 0 Å². The number of primary amides is 1. The molecule has 1 aromatic carbocycles. The van der Waals surface area contributed by atoms with Crippen LogP contribution in [0, 0.1) is 13.8 Å². The largest absolute Gasteiger partial charge is 0.481 e. The van der Waals surface area contributed by atoms with E-state index in [9.17, 15) is 9.59 Å². The van der Waals surface area contributed by atoms with Gasteiger partial charge in [0.2, 0.25) is 5.91 Å². The van der Waals surface area contributed by atoms with E-state index in [-0.39, 0.29) is 5.91 Å². The highest BCUT2D eigenvalue weighted by Gasteiger charge is 2.08. The summed E-state index contributed by atoms with van der Waals surface area (Å²) in [5.74, 6) is -0.813. The smallest absolute Gasteiger partial charge is 0.303 e. The van der Waals surface area contributed by atoms with Crippen LogP contribution in [-0.4, -0.2) is 17.0 Å². The number of hydrogen-bond acceptors (Lipinski definition) is 2. The summed E-state index contributed by atoms with van der Waals surface area (Å²) < 4.78 is 0. The van der Waals surface area contributed by atoms with E-state index in [2.05, 4.69) is 26.0 Å². The molecule has 0 radical (unpaired) electrons. The lowest BCUT2D eigenvalue weighted by Crippen LogP contribution is -2.09. The number of carbonyl (C=O) groups is 2. The Hall–Kier alpha value is -1.84. The van der Waals surface area contributed by atoms with Gasteiger partial charge < -0.3 is 10.8 Å². The Kier molecular flexibility index (Phi) is 29.8. The number of nitrogens with two attached hydrogens (primary N) is 1. The number of aliphatic carboxylic acids is 1. The first-order valence-corrected chi connectivity index (χ1v) is 21.0. The van der Waals surface area contributed by atoms with Crippen molar-refractivity contribution < 1.29 is 14.7 Å². The summed E-state index contributed by atoms with van der Waals surface area (Å²) in [6.45, 7) is 4.69. The number of carboxylic acid groups (broad SMARTS) is 1. The first kappa shape index (κ1) is 44.2. The van der Waals surface area contributed by atoms with Crippen molar-refractivity contribution in [2.75, 3.05) is 0 Å². The van der Waals surface area contributed by atoms with Gasteiger partial charge >= 0.3 is 5.97 Å². The van der Waals surface area contributed by atoms with Crippen LogP contribution in [0.25, 0.3) is 0 Å². The summed E-state index contributed by atoms with van der Waals surface area (Å²) in [7, 11) is 0. The van der Waals surface area contributed by atoms with Gasteiger partial charge in [0, 0.05) is 12.8 Å². The first-order valence-electron chi connectivity index (χ1n) is 21.0. The molecule has 0 aliphatic carbocycles. The van der Waals surface area contributed by atoms with E-state index < -0.39 is 5.97 Å². The Balaban J connectivity index is 1.95. The van der Waals surface area contributed by atoms with Crippen molar-refractivity contribution in [3.63, 3.8) is 0 Å². The maximum atomic E-state index is 10.8. The Morgan fingerprint density at radius 3 is 1.12 bits per heavy atom. The lowest BCUT2D eigenvalue weighted by molar-refractivity contribution is -0.137. The summed E-state index contributed by atoms with van der Waals surface area (Å²) in [6.07, 6.45) is 42.9. The quantitative estimate of drug-likeness (QED) is 0.0698. The fraction of sp³-hybridized carbons (Fsp3) is 0.818. The lowest BCUT2D eigenvalue weighted by atomic mass is 9.91. The molecule has 0 atom stereocenters. The summed E-state index contributed by atoms with van der Waals surface area (Å²) in [5, 5.41) is 8.68. The molecular formula is C44H79NO3. The molecule has 1 aromatic rings. The number of unbranched alkanes of at least 4 members (excludes halogenated alkanes) is 28. The summed E-state index contributed by atoms with van der Waals surface area (Å²) in [5.41, 5.74) is 11.5. The molecule has 0 heterocycles. The minimum atomic E-state index is -0.656. The zero-order valence-electron chi connectivity index (χ0n) is 32.0. The van der Waals surface area contributed by atoms with Crippen molar-refractivity contribution in [3.8, 4) is 0 Å². The lowest BCUT2D eigenvalue weighted by Gasteiger charge is -2.15. The number of aryl methyl sites for hydroxylation is 2.